The van der Waals surface area contributed by atoms with E-state index >= 15 is 0 Å². The first-order valence-corrected chi connectivity index (χ1v) is 13.7. The van der Waals surface area contributed by atoms with E-state index in [-0.39, 0.29) is 16.8 Å². The Bertz CT molecular complexity index is 1620. The molecule has 4 aromatic rings. The van der Waals surface area contributed by atoms with Gasteiger partial charge in [0.05, 0.1) is 32.3 Å². The summed E-state index contributed by atoms with van der Waals surface area (Å²) in [7, 11) is 3.07. The van der Waals surface area contributed by atoms with E-state index in [9.17, 15) is 15.1 Å². The Kier molecular flexibility index (Phi) is 8.19. The molecule has 0 unspecified atom stereocenters. The van der Waals surface area contributed by atoms with Gasteiger partial charge in [0.1, 0.15) is 29.3 Å². The van der Waals surface area contributed by atoms with Crippen LogP contribution in [0.25, 0.3) is 21.6 Å². The number of halogens is 1. The first-order valence-electron chi connectivity index (χ1n) is 12.2. The van der Waals surface area contributed by atoms with Crippen LogP contribution >= 0.6 is 22.6 Å². The zero-order valence-corrected chi connectivity index (χ0v) is 24.0. The minimum Gasteiger partial charge on any atom is -0.497 e. The third-order valence-electron chi connectivity index (χ3n) is 6.44. The van der Waals surface area contributed by atoms with Gasteiger partial charge in [-0.1, -0.05) is 27.7 Å². The average molecular weight is 670 g/mol. The average Bonchev–Trinajstić information content (AvgIpc) is 3.58. The minimum absolute atomic E-state index is 0.0516. The van der Waals surface area contributed by atoms with Crippen LogP contribution < -0.4 is 14.8 Å². The second kappa shape index (κ2) is 12.0. The lowest BCUT2D eigenvalue weighted by atomic mass is 10.1. The number of carbonyl (C=O) groups excluding carboxylic acids is 2. The van der Waals surface area contributed by atoms with Crippen LogP contribution in [0.1, 0.15) is 33.4 Å². The highest BCUT2D eigenvalue weighted by Crippen LogP contribution is 2.42. The number of esters is 1. The molecule has 5 rings (SSSR count). The summed E-state index contributed by atoms with van der Waals surface area (Å²) in [5, 5.41) is 6.57. The summed E-state index contributed by atoms with van der Waals surface area (Å²) in [5.74, 6) is 0.250. The predicted molar refractivity (Wildman–Crippen MR) is 154 cm³/mol. The third-order valence-corrected chi connectivity index (χ3v) is 7.54. The number of ether oxygens (including phenoxy) is 4. The number of benzene rings is 2. The topological polar surface area (TPSA) is 175 Å². The first-order chi connectivity index (χ1) is 19.9. The fourth-order valence-electron chi connectivity index (χ4n) is 4.28. The van der Waals surface area contributed by atoms with Crippen molar-refractivity contribution in [2.24, 2.45) is 5.11 Å². The molecule has 1 N–H and O–H groups in total. The van der Waals surface area contributed by atoms with Gasteiger partial charge in [-0.15, -0.1) is 0 Å². The molecular weight excluding hydrogens is 647 g/mol. The van der Waals surface area contributed by atoms with E-state index in [0.717, 1.165) is 0 Å². The van der Waals surface area contributed by atoms with Crippen LogP contribution in [0, 0.1) is 0 Å². The Hall–Kier alpha value is -4.47. The van der Waals surface area contributed by atoms with Gasteiger partial charge >= 0.3 is 5.97 Å². The summed E-state index contributed by atoms with van der Waals surface area (Å²) in [6, 6.07) is 13.0. The van der Waals surface area contributed by atoms with Gasteiger partial charge in [0.25, 0.3) is 5.91 Å². The van der Waals surface area contributed by atoms with E-state index in [1.54, 1.807) is 60.2 Å². The Morgan fingerprint density at radius 3 is 2.39 bits per heavy atom. The highest BCUT2D eigenvalue weighted by Gasteiger charge is 2.51. The van der Waals surface area contributed by atoms with Crippen LogP contribution in [-0.2, 0) is 9.47 Å². The summed E-state index contributed by atoms with van der Waals surface area (Å²) in [4.78, 5) is 41.7. The van der Waals surface area contributed by atoms with Gasteiger partial charge in [0.2, 0.25) is 5.95 Å². The van der Waals surface area contributed by atoms with Crippen LogP contribution in [-0.4, -0.2) is 61.9 Å². The van der Waals surface area contributed by atoms with E-state index in [2.05, 4.69) is 30.3 Å². The molecule has 2 aromatic heterocycles. The number of alkyl halides is 1. The molecule has 0 radical (unpaired) electrons. The number of carbonyl (C=O) groups is 2. The first kappa shape index (κ1) is 28.1. The number of amides is 1. The van der Waals surface area contributed by atoms with Gasteiger partial charge in [0, 0.05) is 21.3 Å². The summed E-state index contributed by atoms with van der Waals surface area (Å²) in [6.07, 6.45) is 1.45. The van der Waals surface area contributed by atoms with Crippen LogP contribution in [0.3, 0.4) is 0 Å². The van der Waals surface area contributed by atoms with Gasteiger partial charge in [-0.3, -0.25) is 14.7 Å². The number of anilines is 1. The molecule has 0 spiro atoms. The molecule has 15 heteroatoms. The number of methoxy groups -OCH3 is 2. The van der Waals surface area contributed by atoms with Gasteiger partial charge < -0.3 is 18.9 Å². The number of hydrogen-bond donors (Lipinski definition) is 1. The minimum atomic E-state index is -1.48. The lowest BCUT2D eigenvalue weighted by Gasteiger charge is -2.27. The van der Waals surface area contributed by atoms with E-state index in [4.69, 9.17) is 18.9 Å². The maximum Gasteiger partial charge on any atom is 0.338 e. The highest BCUT2D eigenvalue weighted by atomic mass is 127. The number of imidazole rings is 1. The molecule has 3 atom stereocenters. The van der Waals surface area contributed by atoms with E-state index in [1.807, 2.05) is 22.6 Å². The third kappa shape index (κ3) is 5.73. The summed E-state index contributed by atoms with van der Waals surface area (Å²) < 4.78 is 24.1. The number of nitrogens with zero attached hydrogens (tertiary/aromatic N) is 7. The van der Waals surface area contributed by atoms with Crippen LogP contribution in [0.15, 0.2) is 66.2 Å². The number of rotatable bonds is 9. The molecule has 2 aromatic carbocycles. The Balaban J connectivity index is 1.39. The van der Waals surface area contributed by atoms with Crippen LogP contribution in [0.2, 0.25) is 0 Å². The fraction of sp³-hybridized carbons (Fsp3) is 0.269. The molecular formula is C26H23IN8O6. The van der Waals surface area contributed by atoms with E-state index < -0.39 is 29.9 Å². The molecule has 0 aliphatic carbocycles. The van der Waals surface area contributed by atoms with Crippen molar-refractivity contribution in [3.05, 3.63) is 82.6 Å². The molecule has 1 fully saturated rings. The lowest BCUT2D eigenvalue weighted by molar-refractivity contribution is -0.0844. The van der Waals surface area contributed by atoms with Crippen molar-refractivity contribution in [3.63, 3.8) is 0 Å². The largest absolute Gasteiger partial charge is 0.497 e. The monoisotopic (exact) mass is 670 g/mol. The number of azide groups is 1. The standard InChI is InChI=1S/C26H23IN8O6/c1-38-17-7-3-15(4-8-17)23(36)32-25-29-12-19-22(31-25)35(14-30-19)21-11-20(26(13-27,41-21)33-34-28)40-24(37)16-5-9-18(39-2)10-6-16/h3-10,12,14,20-21H,11,13H2,1-2H3,(H,29,31,32,36)/t20-,21-,26+/m0/s1. The molecule has 1 saturated heterocycles. The van der Waals surface area contributed by atoms with Crippen molar-refractivity contribution in [2.45, 2.75) is 24.5 Å². The number of aromatic nitrogens is 4. The van der Waals surface area contributed by atoms with Crippen LogP contribution in [0.4, 0.5) is 5.95 Å². The Morgan fingerprint density at radius 1 is 1.12 bits per heavy atom. The zero-order chi connectivity index (χ0) is 29.0. The summed E-state index contributed by atoms with van der Waals surface area (Å²) >= 11 is 2.02. The summed E-state index contributed by atoms with van der Waals surface area (Å²) in [6.45, 7) is 0. The zero-order valence-electron chi connectivity index (χ0n) is 21.8. The van der Waals surface area contributed by atoms with E-state index in [1.165, 1.54) is 19.6 Å². The van der Waals surface area contributed by atoms with Crippen molar-refractivity contribution in [1.29, 1.82) is 0 Å². The Morgan fingerprint density at radius 2 is 1.78 bits per heavy atom. The predicted octanol–water partition coefficient (Wildman–Crippen LogP) is 4.68. The van der Waals surface area contributed by atoms with Crippen molar-refractivity contribution in [1.82, 2.24) is 19.5 Å². The summed E-state index contributed by atoms with van der Waals surface area (Å²) in [5.41, 5.74) is 9.34. The second-order valence-electron chi connectivity index (χ2n) is 8.84. The molecule has 0 bridgehead atoms. The van der Waals surface area contributed by atoms with E-state index in [0.29, 0.717) is 33.8 Å². The van der Waals surface area contributed by atoms with Gasteiger partial charge in [-0.2, -0.15) is 4.98 Å². The molecule has 41 heavy (non-hydrogen) atoms. The maximum absolute atomic E-state index is 13.0. The normalized spacial score (nSPS) is 19.8. The number of nitrogens with one attached hydrogen (secondary N) is 1. The van der Waals surface area contributed by atoms with Gasteiger partial charge in [0.15, 0.2) is 11.4 Å². The maximum atomic E-state index is 13.0. The lowest BCUT2D eigenvalue weighted by Crippen LogP contribution is -2.41. The second-order valence-corrected chi connectivity index (χ2v) is 9.60. The quantitative estimate of drug-likeness (QED) is 0.0662. The SMILES string of the molecule is COc1ccc(C(=O)Nc2ncc3ncn([C@@H]4C[C@H](OC(=O)c5ccc(OC)cc5)[C@](CI)(N=[N+]=[N-])O4)c3n2)cc1. The van der Waals surface area contributed by atoms with Crippen LogP contribution in [0.5, 0.6) is 11.5 Å². The van der Waals surface area contributed by atoms with Gasteiger partial charge in [-0.25, -0.2) is 14.8 Å². The fourth-order valence-corrected chi connectivity index (χ4v) is 5.11. The Labute approximate surface area is 246 Å². The smallest absolute Gasteiger partial charge is 0.338 e. The van der Waals surface area contributed by atoms with Crippen molar-refractivity contribution in [3.8, 4) is 11.5 Å². The molecule has 1 aliphatic heterocycles. The molecule has 1 aliphatic rings. The van der Waals surface area contributed by atoms with Crippen molar-refractivity contribution >= 4 is 51.6 Å². The number of fused-ring (bicyclic) bond motifs is 1. The molecule has 210 valence electrons. The molecule has 3 heterocycles. The number of hydrogen-bond acceptors (Lipinski definition) is 10. The van der Waals surface area contributed by atoms with Crippen molar-refractivity contribution < 1.29 is 28.5 Å². The molecule has 14 nitrogen and oxygen atoms in total. The molecule has 0 saturated carbocycles. The van der Waals surface area contributed by atoms with Crippen molar-refractivity contribution in [2.75, 3.05) is 24.0 Å². The van der Waals surface area contributed by atoms with Gasteiger partial charge in [-0.05, 0) is 54.1 Å². The highest BCUT2D eigenvalue weighted by molar-refractivity contribution is 14.1. The molecule has 1 amide bonds.